The van der Waals surface area contributed by atoms with Crippen LogP contribution in [0.25, 0.3) is 0 Å². The average molecular weight is 386 g/mol. The molecule has 0 spiro atoms. The fourth-order valence-corrected chi connectivity index (χ4v) is 3.28. The van der Waals surface area contributed by atoms with Gasteiger partial charge in [-0.1, -0.05) is 17.7 Å². The van der Waals surface area contributed by atoms with E-state index in [0.29, 0.717) is 60.8 Å². The van der Waals surface area contributed by atoms with Crippen molar-refractivity contribution in [1.29, 1.82) is 0 Å². The van der Waals surface area contributed by atoms with Gasteiger partial charge in [0.15, 0.2) is 0 Å². The third-order valence-corrected chi connectivity index (χ3v) is 4.73. The van der Waals surface area contributed by atoms with E-state index in [-0.39, 0.29) is 11.8 Å². The Bertz CT molecular complexity index is 839. The lowest BCUT2D eigenvalue weighted by Crippen LogP contribution is -2.37. The Morgan fingerprint density at radius 3 is 2.11 bits per heavy atom. The predicted molar refractivity (Wildman–Crippen MR) is 104 cm³/mol. The van der Waals surface area contributed by atoms with Gasteiger partial charge in [0.05, 0.1) is 0 Å². The minimum Gasteiger partial charge on any atom is -0.337 e. The molecule has 2 aromatic carbocycles. The van der Waals surface area contributed by atoms with E-state index in [1.54, 1.807) is 58.3 Å². The lowest BCUT2D eigenvalue weighted by Gasteiger charge is -2.22. The first-order valence-corrected chi connectivity index (χ1v) is 9.10. The van der Waals surface area contributed by atoms with Crippen molar-refractivity contribution in [3.05, 3.63) is 64.7 Å². The molecule has 1 N–H and O–H groups in total. The standard InChI is InChI=1S/C20H20ClN3O3/c21-17-4-1-3-16(13-17)20(27)24-10-2-9-23(11-12-24)19(26)15-5-7-18(8-6-15)22-14-25/h1,3-8,13-14H,2,9-12H2,(H,22,25). The van der Waals surface area contributed by atoms with Crippen LogP contribution in [-0.2, 0) is 4.79 Å². The van der Waals surface area contributed by atoms with E-state index in [0.717, 1.165) is 0 Å². The monoisotopic (exact) mass is 385 g/mol. The fourth-order valence-electron chi connectivity index (χ4n) is 3.09. The Kier molecular flexibility index (Phi) is 6.08. The maximum absolute atomic E-state index is 12.7. The number of benzene rings is 2. The molecule has 0 saturated carbocycles. The molecule has 1 fully saturated rings. The first kappa shape index (κ1) is 18.9. The number of rotatable bonds is 4. The number of hydrogen-bond acceptors (Lipinski definition) is 3. The number of hydrogen-bond donors (Lipinski definition) is 1. The second-order valence-corrected chi connectivity index (χ2v) is 6.72. The topological polar surface area (TPSA) is 69.7 Å². The molecule has 7 heteroatoms. The van der Waals surface area contributed by atoms with Crippen molar-refractivity contribution < 1.29 is 14.4 Å². The van der Waals surface area contributed by atoms with Gasteiger partial charge in [0.25, 0.3) is 11.8 Å². The summed E-state index contributed by atoms with van der Waals surface area (Å²) in [5, 5.41) is 3.07. The quantitative estimate of drug-likeness (QED) is 0.823. The normalized spacial score (nSPS) is 14.4. The van der Waals surface area contributed by atoms with Crippen molar-refractivity contribution in [3.63, 3.8) is 0 Å². The number of anilines is 1. The highest BCUT2D eigenvalue weighted by molar-refractivity contribution is 6.30. The van der Waals surface area contributed by atoms with Crippen LogP contribution in [-0.4, -0.2) is 54.2 Å². The highest BCUT2D eigenvalue weighted by Gasteiger charge is 2.23. The smallest absolute Gasteiger partial charge is 0.253 e. The lowest BCUT2D eigenvalue weighted by molar-refractivity contribution is -0.105. The predicted octanol–water partition coefficient (Wildman–Crippen LogP) is 2.90. The van der Waals surface area contributed by atoms with Crippen LogP contribution in [0.4, 0.5) is 5.69 Å². The van der Waals surface area contributed by atoms with Crippen LogP contribution in [0.3, 0.4) is 0 Å². The third-order valence-electron chi connectivity index (χ3n) is 4.50. The number of nitrogens with one attached hydrogen (secondary N) is 1. The van der Waals surface area contributed by atoms with Gasteiger partial charge in [-0.15, -0.1) is 0 Å². The molecule has 0 bridgehead atoms. The number of halogens is 1. The molecular formula is C20H20ClN3O3. The van der Waals surface area contributed by atoms with Crippen molar-refractivity contribution >= 4 is 35.5 Å². The number of carbonyl (C=O) groups excluding carboxylic acids is 3. The molecule has 2 aromatic rings. The van der Waals surface area contributed by atoms with Crippen molar-refractivity contribution in [2.45, 2.75) is 6.42 Å². The van der Waals surface area contributed by atoms with Crippen molar-refractivity contribution in [2.75, 3.05) is 31.5 Å². The SMILES string of the molecule is O=CNc1ccc(C(=O)N2CCCN(C(=O)c3cccc(Cl)c3)CC2)cc1. The molecule has 1 aliphatic rings. The average Bonchev–Trinajstić information content (AvgIpc) is 2.94. The Balaban J connectivity index is 1.64. The summed E-state index contributed by atoms with van der Waals surface area (Å²) in [6.45, 7) is 2.13. The Morgan fingerprint density at radius 1 is 0.889 bits per heavy atom. The van der Waals surface area contributed by atoms with Crippen molar-refractivity contribution in [2.24, 2.45) is 0 Å². The molecule has 140 valence electrons. The van der Waals surface area contributed by atoms with E-state index in [9.17, 15) is 14.4 Å². The zero-order valence-corrected chi connectivity index (χ0v) is 15.5. The number of nitrogens with zero attached hydrogens (tertiary/aromatic N) is 2. The van der Waals surface area contributed by atoms with Gasteiger partial charge < -0.3 is 15.1 Å². The molecule has 1 saturated heterocycles. The first-order chi connectivity index (χ1) is 13.1. The summed E-state index contributed by atoms with van der Waals surface area (Å²) in [6.07, 6.45) is 1.31. The summed E-state index contributed by atoms with van der Waals surface area (Å²) in [6, 6.07) is 13.7. The summed E-state index contributed by atoms with van der Waals surface area (Å²) in [7, 11) is 0. The van der Waals surface area contributed by atoms with E-state index in [1.165, 1.54) is 0 Å². The van der Waals surface area contributed by atoms with Gasteiger partial charge in [0, 0.05) is 48.0 Å². The van der Waals surface area contributed by atoms with Crippen molar-refractivity contribution in [3.8, 4) is 0 Å². The maximum Gasteiger partial charge on any atom is 0.253 e. The fraction of sp³-hybridized carbons (Fsp3) is 0.250. The van der Waals surface area contributed by atoms with Gasteiger partial charge in [0.1, 0.15) is 0 Å². The number of amides is 3. The second-order valence-electron chi connectivity index (χ2n) is 6.29. The third kappa shape index (κ3) is 4.65. The molecule has 0 aromatic heterocycles. The van der Waals surface area contributed by atoms with Crippen molar-refractivity contribution in [1.82, 2.24) is 9.80 Å². The molecule has 0 radical (unpaired) electrons. The molecule has 3 rings (SSSR count). The Morgan fingerprint density at radius 2 is 1.52 bits per heavy atom. The Hall–Kier alpha value is -2.86. The molecule has 0 aliphatic carbocycles. The van der Waals surface area contributed by atoms with Gasteiger partial charge in [-0.2, -0.15) is 0 Å². The zero-order chi connectivity index (χ0) is 19.2. The minimum atomic E-state index is -0.0790. The first-order valence-electron chi connectivity index (χ1n) is 8.73. The van der Waals surface area contributed by atoms with Crippen LogP contribution in [0, 0.1) is 0 Å². The Labute approximate surface area is 162 Å². The van der Waals surface area contributed by atoms with Crippen LogP contribution in [0.15, 0.2) is 48.5 Å². The highest BCUT2D eigenvalue weighted by atomic mass is 35.5. The summed E-state index contributed by atoms with van der Waals surface area (Å²) in [4.78, 5) is 39.4. The molecular weight excluding hydrogens is 366 g/mol. The molecule has 6 nitrogen and oxygen atoms in total. The second kappa shape index (κ2) is 8.68. The van der Waals surface area contributed by atoms with E-state index < -0.39 is 0 Å². The molecule has 1 heterocycles. The summed E-state index contributed by atoms with van der Waals surface area (Å²) in [5.74, 6) is -0.152. The molecule has 1 aliphatic heterocycles. The van der Waals surface area contributed by atoms with Crippen LogP contribution in [0.2, 0.25) is 5.02 Å². The van der Waals surface area contributed by atoms with E-state index in [4.69, 9.17) is 11.6 Å². The summed E-state index contributed by atoms with van der Waals surface area (Å²) in [5.41, 5.74) is 1.75. The van der Waals surface area contributed by atoms with E-state index in [1.807, 2.05) is 0 Å². The van der Waals surface area contributed by atoms with Gasteiger partial charge in [0.2, 0.25) is 6.41 Å². The van der Waals surface area contributed by atoms with Gasteiger partial charge in [-0.3, -0.25) is 14.4 Å². The molecule has 0 atom stereocenters. The van der Waals surface area contributed by atoms with Gasteiger partial charge in [-0.25, -0.2) is 0 Å². The van der Waals surface area contributed by atoms with E-state index >= 15 is 0 Å². The largest absolute Gasteiger partial charge is 0.337 e. The zero-order valence-electron chi connectivity index (χ0n) is 14.7. The molecule has 27 heavy (non-hydrogen) atoms. The van der Waals surface area contributed by atoms with Gasteiger partial charge in [-0.05, 0) is 48.9 Å². The lowest BCUT2D eigenvalue weighted by atomic mass is 10.1. The van der Waals surface area contributed by atoms with Crippen LogP contribution in [0.5, 0.6) is 0 Å². The summed E-state index contributed by atoms with van der Waals surface area (Å²) < 4.78 is 0. The number of carbonyl (C=O) groups is 3. The molecule has 3 amide bonds. The minimum absolute atomic E-state index is 0.0731. The van der Waals surface area contributed by atoms with Crippen LogP contribution >= 0.6 is 11.6 Å². The molecule has 0 unspecified atom stereocenters. The summed E-state index contributed by atoms with van der Waals surface area (Å²) >= 11 is 5.98. The van der Waals surface area contributed by atoms with Gasteiger partial charge >= 0.3 is 0 Å². The van der Waals surface area contributed by atoms with E-state index in [2.05, 4.69) is 5.32 Å². The maximum atomic E-state index is 12.7. The van der Waals surface area contributed by atoms with Crippen LogP contribution < -0.4 is 5.32 Å². The van der Waals surface area contributed by atoms with Crippen LogP contribution in [0.1, 0.15) is 27.1 Å². The highest BCUT2D eigenvalue weighted by Crippen LogP contribution is 2.16.